The largest absolute Gasteiger partial charge is 0.489 e. The molecule has 0 radical (unpaired) electrons. The van der Waals surface area contributed by atoms with Crippen LogP contribution in [0, 0.1) is 5.82 Å². The van der Waals surface area contributed by atoms with Crippen molar-refractivity contribution >= 4 is 15.9 Å². The molecule has 1 aromatic rings. The predicted octanol–water partition coefficient (Wildman–Crippen LogP) is 3.36. The second kappa shape index (κ2) is 6.86. The van der Waals surface area contributed by atoms with Crippen LogP contribution in [0.1, 0.15) is 20.3 Å². The van der Waals surface area contributed by atoms with Crippen LogP contribution < -0.4 is 10.1 Å². The Bertz CT molecular complexity index is 333. The van der Waals surface area contributed by atoms with Crippen LogP contribution in [0.15, 0.2) is 22.7 Å². The molecule has 0 aromatic heterocycles. The molecule has 4 heteroatoms. The molecule has 0 heterocycles. The lowest BCUT2D eigenvalue weighted by molar-refractivity contribution is 0.292. The molecule has 0 saturated carbocycles. The van der Waals surface area contributed by atoms with Crippen molar-refractivity contribution < 1.29 is 9.13 Å². The summed E-state index contributed by atoms with van der Waals surface area (Å²) in [7, 11) is 0. The van der Waals surface area contributed by atoms with E-state index in [2.05, 4.69) is 35.1 Å². The van der Waals surface area contributed by atoms with E-state index >= 15 is 0 Å². The van der Waals surface area contributed by atoms with Crippen molar-refractivity contribution in [3.8, 4) is 5.75 Å². The van der Waals surface area contributed by atoms with Gasteiger partial charge in [-0.1, -0.05) is 22.9 Å². The molecule has 90 valence electrons. The summed E-state index contributed by atoms with van der Waals surface area (Å²) < 4.78 is 19.4. The maximum Gasteiger partial charge on any atom is 0.165 e. The summed E-state index contributed by atoms with van der Waals surface area (Å²) in [6, 6.07) is 5.15. The van der Waals surface area contributed by atoms with E-state index in [-0.39, 0.29) is 5.82 Å². The molecule has 0 aliphatic heterocycles. The highest BCUT2D eigenvalue weighted by Crippen LogP contribution is 2.21. The number of hydrogen-bond acceptors (Lipinski definition) is 2. The van der Waals surface area contributed by atoms with Gasteiger partial charge >= 0.3 is 0 Å². The molecule has 0 aliphatic carbocycles. The monoisotopic (exact) mass is 289 g/mol. The molecule has 0 fully saturated rings. The SMILES string of the molecule is CCC(C)NCCOc1cc(Br)ccc1F. The predicted molar refractivity (Wildman–Crippen MR) is 67.4 cm³/mol. The van der Waals surface area contributed by atoms with E-state index in [9.17, 15) is 4.39 Å². The van der Waals surface area contributed by atoms with Gasteiger partial charge in [-0.2, -0.15) is 0 Å². The molecule has 1 rings (SSSR count). The number of benzene rings is 1. The zero-order valence-electron chi connectivity index (χ0n) is 9.59. The number of halogens is 2. The lowest BCUT2D eigenvalue weighted by atomic mass is 10.3. The summed E-state index contributed by atoms with van der Waals surface area (Å²) >= 11 is 3.28. The smallest absolute Gasteiger partial charge is 0.165 e. The molecule has 16 heavy (non-hydrogen) atoms. The van der Waals surface area contributed by atoms with Crippen LogP contribution in [0.25, 0.3) is 0 Å². The van der Waals surface area contributed by atoms with Gasteiger partial charge in [0.1, 0.15) is 6.61 Å². The van der Waals surface area contributed by atoms with Crippen molar-refractivity contribution in [1.29, 1.82) is 0 Å². The Morgan fingerprint density at radius 1 is 1.50 bits per heavy atom. The van der Waals surface area contributed by atoms with Gasteiger partial charge in [0.25, 0.3) is 0 Å². The first-order valence-electron chi connectivity index (χ1n) is 5.44. The van der Waals surface area contributed by atoms with E-state index < -0.39 is 0 Å². The first-order chi connectivity index (χ1) is 7.63. The van der Waals surface area contributed by atoms with Gasteiger partial charge in [-0.3, -0.25) is 0 Å². The summed E-state index contributed by atoms with van der Waals surface area (Å²) in [5.41, 5.74) is 0. The third-order valence-corrected chi connectivity index (χ3v) is 2.85. The summed E-state index contributed by atoms with van der Waals surface area (Å²) in [4.78, 5) is 0. The first kappa shape index (κ1) is 13.5. The molecule has 1 unspecified atom stereocenters. The second-order valence-electron chi connectivity index (χ2n) is 3.69. The average Bonchev–Trinajstić information content (AvgIpc) is 2.28. The Kier molecular flexibility index (Phi) is 5.77. The molecule has 2 nitrogen and oxygen atoms in total. The number of ether oxygens (including phenoxy) is 1. The van der Waals surface area contributed by atoms with Crippen molar-refractivity contribution in [2.24, 2.45) is 0 Å². The lowest BCUT2D eigenvalue weighted by Crippen LogP contribution is -2.29. The van der Waals surface area contributed by atoms with Crippen LogP contribution in [0.4, 0.5) is 4.39 Å². The molecule has 1 atom stereocenters. The number of rotatable bonds is 6. The maximum atomic E-state index is 13.3. The van der Waals surface area contributed by atoms with Crippen LogP contribution in [0.2, 0.25) is 0 Å². The Balaban J connectivity index is 2.34. The Morgan fingerprint density at radius 3 is 2.94 bits per heavy atom. The molecule has 1 N–H and O–H groups in total. The van der Waals surface area contributed by atoms with Gasteiger partial charge in [-0.15, -0.1) is 0 Å². The van der Waals surface area contributed by atoms with E-state index in [0.29, 0.717) is 18.4 Å². The highest BCUT2D eigenvalue weighted by molar-refractivity contribution is 9.10. The van der Waals surface area contributed by atoms with Crippen LogP contribution >= 0.6 is 15.9 Å². The lowest BCUT2D eigenvalue weighted by Gasteiger charge is -2.12. The van der Waals surface area contributed by atoms with Crippen molar-refractivity contribution in [2.45, 2.75) is 26.3 Å². The molecule has 0 aliphatic rings. The maximum absolute atomic E-state index is 13.3. The average molecular weight is 290 g/mol. The van der Waals surface area contributed by atoms with Gasteiger partial charge in [-0.05, 0) is 31.5 Å². The molecule has 1 aromatic carbocycles. The van der Waals surface area contributed by atoms with Crippen molar-refractivity contribution in [1.82, 2.24) is 5.32 Å². The van der Waals surface area contributed by atoms with Crippen molar-refractivity contribution in [3.63, 3.8) is 0 Å². The minimum absolute atomic E-state index is 0.292. The van der Waals surface area contributed by atoms with E-state index in [0.717, 1.165) is 17.4 Å². The molecule has 0 bridgehead atoms. The fourth-order valence-electron chi connectivity index (χ4n) is 1.20. The van der Waals surface area contributed by atoms with Gasteiger partial charge in [-0.25, -0.2) is 4.39 Å². The van der Waals surface area contributed by atoms with E-state index in [1.54, 1.807) is 12.1 Å². The van der Waals surface area contributed by atoms with Crippen LogP contribution in [0.5, 0.6) is 5.75 Å². The third kappa shape index (κ3) is 4.49. The highest BCUT2D eigenvalue weighted by atomic mass is 79.9. The summed E-state index contributed by atoms with van der Waals surface area (Å²) in [5.74, 6) is -0.0351. The van der Waals surface area contributed by atoms with Gasteiger partial charge in [0, 0.05) is 17.1 Å². The van der Waals surface area contributed by atoms with Crippen LogP contribution in [-0.4, -0.2) is 19.2 Å². The summed E-state index contributed by atoms with van der Waals surface area (Å²) in [6.45, 7) is 5.42. The van der Waals surface area contributed by atoms with Crippen molar-refractivity contribution in [2.75, 3.05) is 13.2 Å². The molecule has 0 saturated heterocycles. The molecular formula is C12H17BrFNO. The molecular weight excluding hydrogens is 273 g/mol. The Morgan fingerprint density at radius 2 is 2.25 bits per heavy atom. The Labute approximate surface area is 104 Å². The fourth-order valence-corrected chi connectivity index (χ4v) is 1.54. The summed E-state index contributed by atoms with van der Waals surface area (Å²) in [5, 5.41) is 3.28. The van der Waals surface area contributed by atoms with Gasteiger partial charge in [0.05, 0.1) is 0 Å². The minimum Gasteiger partial charge on any atom is -0.489 e. The van der Waals surface area contributed by atoms with E-state index in [1.165, 1.54) is 6.07 Å². The zero-order chi connectivity index (χ0) is 12.0. The fraction of sp³-hybridized carbons (Fsp3) is 0.500. The standard InChI is InChI=1S/C12H17BrFNO/c1-3-9(2)15-6-7-16-12-8-10(13)4-5-11(12)14/h4-5,8-9,15H,3,6-7H2,1-2H3. The zero-order valence-corrected chi connectivity index (χ0v) is 11.2. The molecule has 0 amide bonds. The normalized spacial score (nSPS) is 12.5. The molecule has 0 spiro atoms. The van der Waals surface area contributed by atoms with Crippen LogP contribution in [-0.2, 0) is 0 Å². The highest BCUT2D eigenvalue weighted by Gasteiger charge is 2.03. The number of hydrogen-bond donors (Lipinski definition) is 1. The van der Waals surface area contributed by atoms with E-state index in [1.807, 2.05) is 0 Å². The Hall–Kier alpha value is -0.610. The number of nitrogens with one attached hydrogen (secondary N) is 1. The van der Waals surface area contributed by atoms with Gasteiger partial charge in [0.15, 0.2) is 11.6 Å². The third-order valence-electron chi connectivity index (χ3n) is 2.36. The first-order valence-corrected chi connectivity index (χ1v) is 6.24. The van der Waals surface area contributed by atoms with E-state index in [4.69, 9.17) is 4.74 Å². The second-order valence-corrected chi connectivity index (χ2v) is 4.60. The quantitative estimate of drug-likeness (QED) is 0.811. The van der Waals surface area contributed by atoms with Gasteiger partial charge < -0.3 is 10.1 Å². The minimum atomic E-state index is -0.327. The van der Waals surface area contributed by atoms with Gasteiger partial charge in [0.2, 0.25) is 0 Å². The van der Waals surface area contributed by atoms with Crippen LogP contribution in [0.3, 0.4) is 0 Å². The topological polar surface area (TPSA) is 21.3 Å². The summed E-state index contributed by atoms with van der Waals surface area (Å²) in [6.07, 6.45) is 1.07. The van der Waals surface area contributed by atoms with Crippen molar-refractivity contribution in [3.05, 3.63) is 28.5 Å².